The van der Waals surface area contributed by atoms with Gasteiger partial charge in [0, 0.05) is 22.9 Å². The predicted octanol–water partition coefficient (Wildman–Crippen LogP) is 4.00. The van der Waals surface area contributed by atoms with E-state index >= 15 is 0 Å². The molecular weight excluding hydrogens is 358 g/mol. The maximum atomic E-state index is 12.5. The number of hydrogen-bond donors (Lipinski definition) is 0. The second-order valence-electron chi connectivity index (χ2n) is 4.83. The van der Waals surface area contributed by atoms with Crippen LogP contribution in [-0.4, -0.2) is 29.2 Å². The van der Waals surface area contributed by atoms with E-state index in [1.165, 1.54) is 0 Å². The van der Waals surface area contributed by atoms with Crippen LogP contribution < -0.4 is 0 Å². The van der Waals surface area contributed by atoms with Crippen LogP contribution in [0.25, 0.3) is 0 Å². The van der Waals surface area contributed by atoms with Crippen molar-refractivity contribution in [2.75, 3.05) is 18.4 Å². The average molecular weight is 375 g/mol. The van der Waals surface area contributed by atoms with Gasteiger partial charge in [0.05, 0.1) is 5.56 Å². The molecule has 0 spiro atoms. The highest BCUT2D eigenvalue weighted by molar-refractivity contribution is 9.10. The zero-order chi connectivity index (χ0) is 13.1. The molecule has 4 heteroatoms. The van der Waals surface area contributed by atoms with Gasteiger partial charge in [-0.15, -0.1) is 0 Å². The highest BCUT2D eigenvalue weighted by Crippen LogP contribution is 2.25. The van der Waals surface area contributed by atoms with Crippen molar-refractivity contribution in [3.8, 4) is 0 Å². The van der Waals surface area contributed by atoms with Crippen molar-refractivity contribution in [3.05, 3.63) is 33.8 Å². The van der Waals surface area contributed by atoms with Crippen LogP contribution in [-0.2, 0) is 0 Å². The van der Waals surface area contributed by atoms with Crippen molar-refractivity contribution in [1.82, 2.24) is 4.90 Å². The third-order valence-corrected chi connectivity index (χ3v) is 5.51. The first-order valence-electron chi connectivity index (χ1n) is 6.24. The van der Waals surface area contributed by atoms with Gasteiger partial charge in [-0.2, -0.15) is 0 Å². The van der Waals surface area contributed by atoms with Gasteiger partial charge in [0.1, 0.15) is 0 Å². The van der Waals surface area contributed by atoms with Crippen LogP contribution in [0.2, 0.25) is 0 Å². The Morgan fingerprint density at radius 1 is 1.39 bits per heavy atom. The lowest BCUT2D eigenvalue weighted by molar-refractivity contribution is 0.0698. The lowest BCUT2D eigenvalue weighted by Crippen LogP contribution is -2.39. The summed E-state index contributed by atoms with van der Waals surface area (Å²) in [7, 11) is 0. The first kappa shape index (κ1) is 14.1. The number of alkyl halides is 1. The van der Waals surface area contributed by atoms with Gasteiger partial charge in [-0.1, -0.05) is 28.1 Å². The molecule has 1 amide bonds. The van der Waals surface area contributed by atoms with Crippen molar-refractivity contribution < 1.29 is 4.79 Å². The van der Waals surface area contributed by atoms with Gasteiger partial charge in [-0.3, -0.25) is 4.79 Å². The zero-order valence-electron chi connectivity index (χ0n) is 10.5. The number of halogens is 2. The summed E-state index contributed by atoms with van der Waals surface area (Å²) in [4.78, 5) is 14.4. The average Bonchev–Trinajstić information content (AvgIpc) is 2.41. The maximum Gasteiger partial charge on any atom is 0.255 e. The Balaban J connectivity index is 2.10. The Bertz CT molecular complexity index is 439. The molecule has 1 aliphatic heterocycles. The number of piperidine rings is 1. The lowest BCUT2D eigenvalue weighted by Gasteiger charge is -2.31. The van der Waals surface area contributed by atoms with E-state index < -0.39 is 0 Å². The highest BCUT2D eigenvalue weighted by atomic mass is 79.9. The van der Waals surface area contributed by atoms with Crippen LogP contribution in [0.5, 0.6) is 0 Å². The van der Waals surface area contributed by atoms with Crippen molar-refractivity contribution in [2.24, 2.45) is 5.92 Å². The molecular formula is C14H17Br2NO. The Kier molecular flexibility index (Phi) is 4.84. The van der Waals surface area contributed by atoms with E-state index in [2.05, 4.69) is 31.9 Å². The number of nitrogens with zero attached hydrogens (tertiary/aromatic N) is 1. The van der Waals surface area contributed by atoms with Crippen molar-refractivity contribution in [3.63, 3.8) is 0 Å². The molecule has 1 aromatic rings. The second-order valence-corrected chi connectivity index (χ2v) is 6.27. The first-order valence-corrected chi connectivity index (χ1v) is 8.15. The fraction of sp³-hybridized carbons (Fsp3) is 0.500. The standard InChI is InChI=1S/C14H17Br2NO/c1-10-3-2-4-12(13(10)16)14(18)17-7-5-11(9-15)6-8-17/h2-4,11H,5-9H2,1H3. The molecule has 98 valence electrons. The normalized spacial score (nSPS) is 16.9. The second kappa shape index (κ2) is 6.20. The van der Waals surface area contributed by atoms with Gasteiger partial charge >= 0.3 is 0 Å². The van der Waals surface area contributed by atoms with Gasteiger partial charge in [-0.25, -0.2) is 0 Å². The lowest BCUT2D eigenvalue weighted by atomic mass is 9.98. The molecule has 0 atom stereocenters. The number of carbonyl (C=O) groups is 1. The molecule has 0 bridgehead atoms. The molecule has 1 heterocycles. The van der Waals surface area contributed by atoms with Crippen LogP contribution in [0.3, 0.4) is 0 Å². The summed E-state index contributed by atoms with van der Waals surface area (Å²) >= 11 is 7.04. The van der Waals surface area contributed by atoms with Gasteiger partial charge in [0.15, 0.2) is 0 Å². The van der Waals surface area contributed by atoms with Crippen molar-refractivity contribution in [1.29, 1.82) is 0 Å². The smallest absolute Gasteiger partial charge is 0.255 e. The summed E-state index contributed by atoms with van der Waals surface area (Å²) in [5, 5.41) is 1.04. The fourth-order valence-electron chi connectivity index (χ4n) is 2.27. The van der Waals surface area contributed by atoms with Crippen LogP contribution in [0.4, 0.5) is 0 Å². The third kappa shape index (κ3) is 2.97. The molecule has 0 aliphatic carbocycles. The van der Waals surface area contributed by atoms with Crippen LogP contribution in [0.1, 0.15) is 28.8 Å². The Hall–Kier alpha value is -0.350. The molecule has 1 saturated heterocycles. The Morgan fingerprint density at radius 3 is 2.67 bits per heavy atom. The summed E-state index contributed by atoms with van der Waals surface area (Å²) in [6.07, 6.45) is 2.20. The van der Waals surface area contributed by atoms with E-state index in [1.54, 1.807) is 0 Å². The number of benzene rings is 1. The number of hydrogen-bond acceptors (Lipinski definition) is 1. The topological polar surface area (TPSA) is 20.3 Å². The highest BCUT2D eigenvalue weighted by Gasteiger charge is 2.24. The van der Waals surface area contributed by atoms with Crippen LogP contribution >= 0.6 is 31.9 Å². The fourth-order valence-corrected chi connectivity index (χ4v) is 3.35. The van der Waals surface area contributed by atoms with Gasteiger partial charge in [0.25, 0.3) is 5.91 Å². The van der Waals surface area contributed by atoms with Gasteiger partial charge in [0.2, 0.25) is 0 Å². The molecule has 0 N–H and O–H groups in total. The zero-order valence-corrected chi connectivity index (χ0v) is 13.6. The predicted molar refractivity (Wildman–Crippen MR) is 81.3 cm³/mol. The van der Waals surface area contributed by atoms with E-state index in [0.717, 1.165) is 52.8 Å². The molecule has 0 unspecified atom stereocenters. The Morgan fingerprint density at radius 2 is 2.06 bits per heavy atom. The van der Waals surface area contributed by atoms with E-state index in [1.807, 2.05) is 30.0 Å². The minimum atomic E-state index is 0.151. The summed E-state index contributed by atoms with van der Waals surface area (Å²) in [5.41, 5.74) is 1.89. The molecule has 1 fully saturated rings. The molecule has 2 nitrogen and oxygen atoms in total. The first-order chi connectivity index (χ1) is 8.63. The molecule has 1 aliphatic rings. The summed E-state index contributed by atoms with van der Waals surface area (Å²) in [5.74, 6) is 0.869. The SMILES string of the molecule is Cc1cccc(C(=O)N2CCC(CBr)CC2)c1Br. The monoisotopic (exact) mass is 373 g/mol. The minimum Gasteiger partial charge on any atom is -0.339 e. The quantitative estimate of drug-likeness (QED) is 0.716. The number of carbonyl (C=O) groups excluding carboxylic acids is 1. The number of rotatable bonds is 2. The number of amides is 1. The molecule has 1 aromatic carbocycles. The maximum absolute atomic E-state index is 12.5. The number of aryl methyl sites for hydroxylation is 1. The van der Waals surface area contributed by atoms with E-state index in [4.69, 9.17) is 0 Å². The van der Waals surface area contributed by atoms with Gasteiger partial charge in [-0.05, 0) is 53.2 Å². The Labute approximate surface area is 125 Å². The number of likely N-dealkylation sites (tertiary alicyclic amines) is 1. The summed E-state index contributed by atoms with van der Waals surface area (Å²) in [6.45, 7) is 3.75. The molecule has 0 saturated carbocycles. The van der Waals surface area contributed by atoms with Crippen molar-refractivity contribution in [2.45, 2.75) is 19.8 Å². The van der Waals surface area contributed by atoms with E-state index in [-0.39, 0.29) is 5.91 Å². The largest absolute Gasteiger partial charge is 0.339 e. The minimum absolute atomic E-state index is 0.151. The van der Waals surface area contributed by atoms with Gasteiger partial charge < -0.3 is 4.90 Å². The molecule has 18 heavy (non-hydrogen) atoms. The van der Waals surface area contributed by atoms with E-state index in [9.17, 15) is 4.79 Å². The molecule has 2 rings (SSSR count). The molecule has 0 radical (unpaired) electrons. The summed E-state index contributed by atoms with van der Waals surface area (Å²) < 4.78 is 0.928. The van der Waals surface area contributed by atoms with E-state index in [0.29, 0.717) is 0 Å². The van der Waals surface area contributed by atoms with Crippen molar-refractivity contribution >= 4 is 37.8 Å². The summed E-state index contributed by atoms with van der Waals surface area (Å²) in [6, 6.07) is 5.85. The van der Waals surface area contributed by atoms with Crippen LogP contribution in [0, 0.1) is 12.8 Å². The molecule has 0 aromatic heterocycles. The third-order valence-electron chi connectivity index (χ3n) is 3.54. The van der Waals surface area contributed by atoms with Crippen LogP contribution in [0.15, 0.2) is 22.7 Å².